The van der Waals surface area contributed by atoms with E-state index < -0.39 is 29.2 Å². The quantitative estimate of drug-likeness (QED) is 0.698. The van der Waals surface area contributed by atoms with E-state index in [1.165, 1.54) is 12.1 Å². The Morgan fingerprint density at radius 3 is 2.46 bits per heavy atom. The van der Waals surface area contributed by atoms with Gasteiger partial charge in [0.25, 0.3) is 0 Å². The molecule has 2 bridgehead atoms. The van der Waals surface area contributed by atoms with E-state index in [2.05, 4.69) is 0 Å². The molecule has 146 valence electrons. The lowest BCUT2D eigenvalue weighted by molar-refractivity contribution is -0.241. The van der Waals surface area contributed by atoms with Crippen LogP contribution in [-0.2, 0) is 4.79 Å². The highest BCUT2D eigenvalue weighted by Gasteiger charge is 2.75. The molecule has 2 nitrogen and oxygen atoms in total. The Bertz CT molecular complexity index is 895. The number of nitrogens with zero attached hydrogens (tertiary/aromatic N) is 1. The summed E-state index contributed by atoms with van der Waals surface area (Å²) in [7, 11) is 0. The molecule has 28 heavy (non-hydrogen) atoms. The molecule has 0 aromatic heterocycles. The van der Waals surface area contributed by atoms with Gasteiger partial charge in [-0.25, -0.2) is 13.2 Å². The van der Waals surface area contributed by atoms with E-state index in [4.69, 9.17) is 0 Å². The Labute approximate surface area is 162 Å². The largest absolute Gasteiger partial charge is 0.332 e. The highest BCUT2D eigenvalue weighted by atomic mass is 19.1. The zero-order valence-corrected chi connectivity index (χ0v) is 15.5. The minimum Gasteiger partial charge on any atom is -0.332 e. The number of hydrogen-bond acceptors (Lipinski definition) is 1. The predicted octanol–water partition coefficient (Wildman–Crippen LogP) is 5.32. The number of benzene rings is 2. The fourth-order valence-corrected chi connectivity index (χ4v) is 5.68. The van der Waals surface area contributed by atoms with Crippen molar-refractivity contribution in [3.63, 3.8) is 0 Å². The third kappa shape index (κ3) is 2.51. The van der Waals surface area contributed by atoms with Crippen LogP contribution in [0.5, 0.6) is 0 Å². The third-order valence-corrected chi connectivity index (χ3v) is 6.90. The predicted molar refractivity (Wildman–Crippen MR) is 99.4 cm³/mol. The second kappa shape index (κ2) is 6.10. The summed E-state index contributed by atoms with van der Waals surface area (Å²) in [6.45, 7) is 0.0342. The molecule has 4 aliphatic rings. The van der Waals surface area contributed by atoms with Gasteiger partial charge in [-0.3, -0.25) is 4.79 Å². The van der Waals surface area contributed by atoms with Gasteiger partial charge in [-0.2, -0.15) is 0 Å². The molecule has 1 aliphatic heterocycles. The van der Waals surface area contributed by atoms with Crippen molar-refractivity contribution in [2.75, 3.05) is 6.54 Å². The molecule has 2 aromatic rings. The number of rotatable bonds is 4. The topological polar surface area (TPSA) is 20.3 Å². The molecule has 1 heterocycles. The summed E-state index contributed by atoms with van der Waals surface area (Å²) >= 11 is 0. The van der Waals surface area contributed by atoms with Crippen molar-refractivity contribution < 1.29 is 18.0 Å². The number of amides is 1. The van der Waals surface area contributed by atoms with Crippen LogP contribution in [0.1, 0.15) is 49.0 Å². The van der Waals surface area contributed by atoms with E-state index in [0.29, 0.717) is 30.4 Å². The smallest absolute Gasteiger partial charge is 0.229 e. The molecular weight excluding hydrogens is 363 g/mol. The lowest BCUT2D eigenvalue weighted by Crippen LogP contribution is -2.69. The fourth-order valence-electron chi connectivity index (χ4n) is 5.68. The van der Waals surface area contributed by atoms with Crippen molar-refractivity contribution in [1.82, 2.24) is 4.90 Å². The maximum absolute atomic E-state index is 15.0. The summed E-state index contributed by atoms with van der Waals surface area (Å²) < 4.78 is 42.8. The average molecular weight is 385 g/mol. The number of likely N-dealkylation sites (tertiary alicyclic amines) is 1. The van der Waals surface area contributed by atoms with Crippen LogP contribution in [0.4, 0.5) is 13.2 Å². The summed E-state index contributed by atoms with van der Waals surface area (Å²) in [5, 5.41) is 0. The number of hydrogen-bond donors (Lipinski definition) is 0. The van der Waals surface area contributed by atoms with Gasteiger partial charge >= 0.3 is 0 Å². The summed E-state index contributed by atoms with van der Waals surface area (Å²) in [4.78, 5) is 14.8. The zero-order valence-electron chi connectivity index (χ0n) is 15.5. The van der Waals surface area contributed by atoms with Gasteiger partial charge in [0.05, 0.1) is 18.0 Å². The third-order valence-electron chi connectivity index (χ3n) is 6.90. The number of carbonyl (C=O) groups excluding carboxylic acids is 1. The summed E-state index contributed by atoms with van der Waals surface area (Å²) in [6, 6.07) is 14.7. The molecular formula is C23H22F3NO. The van der Waals surface area contributed by atoms with E-state index in [-0.39, 0.29) is 24.7 Å². The number of alkyl halides is 2. The van der Waals surface area contributed by atoms with Gasteiger partial charge < -0.3 is 4.90 Å². The molecule has 0 spiro atoms. The molecule has 6 rings (SSSR count). The van der Waals surface area contributed by atoms with E-state index in [1.54, 1.807) is 29.2 Å². The van der Waals surface area contributed by atoms with Crippen molar-refractivity contribution in [3.8, 4) is 0 Å². The Hall–Kier alpha value is -2.30. The first-order valence-electron chi connectivity index (χ1n) is 9.82. The zero-order chi connectivity index (χ0) is 19.5. The van der Waals surface area contributed by atoms with Crippen molar-refractivity contribution in [1.29, 1.82) is 0 Å². The first-order valence-corrected chi connectivity index (χ1v) is 9.82. The van der Waals surface area contributed by atoms with E-state index >= 15 is 4.39 Å². The van der Waals surface area contributed by atoms with Crippen LogP contribution in [0.2, 0.25) is 0 Å². The minimum atomic E-state index is -1.11. The van der Waals surface area contributed by atoms with Crippen LogP contribution in [0.25, 0.3) is 0 Å². The van der Waals surface area contributed by atoms with Gasteiger partial charge in [0.2, 0.25) is 5.91 Å². The van der Waals surface area contributed by atoms with Crippen molar-refractivity contribution in [3.05, 3.63) is 71.5 Å². The summed E-state index contributed by atoms with van der Waals surface area (Å²) in [5.41, 5.74) is 0.267. The second-order valence-corrected chi connectivity index (χ2v) is 8.81. The molecule has 2 aromatic carbocycles. The van der Waals surface area contributed by atoms with Gasteiger partial charge in [-0.15, -0.1) is 0 Å². The molecule has 3 atom stereocenters. The van der Waals surface area contributed by atoms with Gasteiger partial charge in [0, 0.05) is 11.8 Å². The van der Waals surface area contributed by atoms with Crippen LogP contribution in [0.3, 0.4) is 0 Å². The first kappa shape index (κ1) is 17.8. The van der Waals surface area contributed by atoms with Crippen molar-refractivity contribution in [2.24, 2.45) is 10.8 Å². The van der Waals surface area contributed by atoms with Gasteiger partial charge in [0.15, 0.2) is 0 Å². The Morgan fingerprint density at radius 2 is 1.79 bits per heavy atom. The Kier molecular flexibility index (Phi) is 3.87. The lowest BCUT2D eigenvalue weighted by Gasteiger charge is -2.71. The molecule has 1 amide bonds. The number of carbonyl (C=O) groups is 1. The first-order chi connectivity index (χ1) is 13.4. The Balaban J connectivity index is 1.33. The monoisotopic (exact) mass is 385 g/mol. The van der Waals surface area contributed by atoms with Crippen LogP contribution in [0, 0.1) is 16.6 Å². The maximum atomic E-state index is 15.0. The van der Waals surface area contributed by atoms with Crippen molar-refractivity contribution >= 4 is 5.91 Å². The van der Waals surface area contributed by atoms with Crippen LogP contribution in [-0.4, -0.2) is 23.5 Å². The van der Waals surface area contributed by atoms with Crippen LogP contribution < -0.4 is 0 Å². The molecule has 3 unspecified atom stereocenters. The Morgan fingerprint density at radius 1 is 1.07 bits per heavy atom. The molecule has 3 aliphatic carbocycles. The van der Waals surface area contributed by atoms with E-state index in [0.717, 1.165) is 0 Å². The highest BCUT2D eigenvalue weighted by molar-refractivity contribution is 5.87. The van der Waals surface area contributed by atoms with Crippen LogP contribution in [0.15, 0.2) is 54.6 Å². The normalized spacial score (nSPS) is 34.5. The van der Waals surface area contributed by atoms with Gasteiger partial charge in [-0.1, -0.05) is 42.5 Å². The molecule has 5 heteroatoms. The summed E-state index contributed by atoms with van der Waals surface area (Å²) in [5.74, 6) is -0.483. The van der Waals surface area contributed by atoms with Gasteiger partial charge in [-0.05, 0) is 42.5 Å². The number of halogens is 3. The second-order valence-electron chi connectivity index (χ2n) is 8.81. The average Bonchev–Trinajstić information content (AvgIpc) is 3.02. The van der Waals surface area contributed by atoms with Crippen LogP contribution >= 0.6 is 0 Å². The van der Waals surface area contributed by atoms with E-state index in [9.17, 15) is 13.6 Å². The molecule has 0 radical (unpaired) electrons. The SMILES string of the molecule is O=C(N1CC(F)CC1c1cccc(F)c1)C12CC(C(F)c3ccccc3)(C1)C2. The maximum Gasteiger partial charge on any atom is 0.229 e. The van der Waals surface area contributed by atoms with Crippen molar-refractivity contribution in [2.45, 2.75) is 44.1 Å². The summed E-state index contributed by atoms with van der Waals surface area (Å²) in [6.07, 6.45) is -0.465. The standard InChI is InChI=1S/C23H22F3NO/c24-17-8-4-7-16(9-17)19-10-18(25)11-27(19)21(28)23-12-22(13-23,14-23)20(26)15-5-2-1-3-6-15/h1-9,18-20H,10-14H2. The lowest BCUT2D eigenvalue weighted by atomic mass is 9.33. The van der Waals surface area contributed by atoms with E-state index in [1.807, 2.05) is 18.2 Å². The molecule has 1 saturated heterocycles. The molecule has 3 saturated carbocycles. The molecule has 0 N–H and O–H groups in total. The minimum absolute atomic E-state index is 0.0342. The highest BCUT2D eigenvalue weighted by Crippen LogP contribution is 2.78. The fraction of sp³-hybridized carbons (Fsp3) is 0.435. The molecule has 4 fully saturated rings. The van der Waals surface area contributed by atoms with Gasteiger partial charge in [0.1, 0.15) is 18.2 Å².